The van der Waals surface area contributed by atoms with Crippen LogP contribution < -0.4 is 6.15 Å². The summed E-state index contributed by atoms with van der Waals surface area (Å²) in [6.07, 6.45) is 0. The molecule has 0 aliphatic heterocycles. The van der Waals surface area contributed by atoms with Crippen molar-refractivity contribution in [3.05, 3.63) is 0 Å². The minimum absolute atomic E-state index is 0. The van der Waals surface area contributed by atoms with Crippen LogP contribution in [0, 0.1) is 0 Å². The summed E-state index contributed by atoms with van der Waals surface area (Å²) in [5.41, 5.74) is 0. The predicted octanol–water partition coefficient (Wildman–Crippen LogP) is -2.75. The molecule has 0 aromatic rings. The van der Waals surface area contributed by atoms with E-state index in [-0.39, 0.29) is 23.5 Å². The third-order valence-electron chi connectivity index (χ3n) is 0. The van der Waals surface area contributed by atoms with Crippen LogP contribution in [-0.4, -0.2) is 39.1 Å². The first-order chi connectivity index (χ1) is 2.00. The molecule has 0 atom stereocenters. The molecule has 0 aromatic heterocycles. The molecule has 5 N–H and O–H groups in total. The Morgan fingerprint density at radius 1 is 1.14 bits per heavy atom. The van der Waals surface area contributed by atoms with E-state index < -0.39 is 13.4 Å². The zero-order chi connectivity index (χ0) is 4.50. The molecular weight excluding hydrogens is 184 g/mol. The molecule has 0 fully saturated rings. The van der Waals surface area contributed by atoms with Crippen LogP contribution in [0.2, 0.25) is 0 Å². The Labute approximate surface area is 53.3 Å². The van der Waals surface area contributed by atoms with Gasteiger partial charge in [-0.25, -0.2) is 0 Å². The van der Waals surface area contributed by atoms with Gasteiger partial charge in [0.2, 0.25) is 0 Å². The van der Waals surface area contributed by atoms with E-state index in [1.165, 1.54) is 0 Å². The Balaban J connectivity index is -0.0000000800. The summed E-state index contributed by atoms with van der Waals surface area (Å²) in [4.78, 5) is 0. The van der Waals surface area contributed by atoms with Crippen molar-refractivity contribution in [2.45, 2.75) is 0 Å². The summed E-state index contributed by atoms with van der Waals surface area (Å²) >= 11 is -5.25. The van der Waals surface area contributed by atoms with E-state index in [4.69, 9.17) is 16.0 Å². The Kier molecular flexibility index (Phi) is 10.5. The maximum atomic E-state index is 8.82. The Bertz CT molecular complexity index is 94.9. The van der Waals surface area contributed by atoms with Gasteiger partial charge >= 0.3 is 29.4 Å². The molecule has 5 nitrogen and oxygen atoms in total. The smallest absolute Gasteiger partial charge is 0.187 e. The third-order valence-corrected chi connectivity index (χ3v) is 0. The largest absolute Gasteiger partial charge is 0.187 e. The maximum Gasteiger partial charge on any atom is 0.187 e. The Morgan fingerprint density at radius 2 is 1.14 bits per heavy atom. The molecule has 0 rings (SSSR count). The molecule has 0 saturated heterocycles. The summed E-state index contributed by atoms with van der Waals surface area (Å²) in [6.45, 7) is 0. The first-order valence-electron chi connectivity index (χ1n) is 0.698. The van der Waals surface area contributed by atoms with E-state index in [1.807, 2.05) is 0 Å². The number of hydrogen-bond donors (Lipinski definition) is 3. The third kappa shape index (κ3) is 474. The standard InChI is InChI=1S/Al.H3N.H2O4Se.3H/c;;1-5(2,3)4;;;/h;1H3;(H2,1,2,3,4);;;. The van der Waals surface area contributed by atoms with Gasteiger partial charge in [-0.2, -0.15) is 0 Å². The molecule has 0 amide bonds. The second-order valence-electron chi connectivity index (χ2n) is 0.448. The fraction of sp³-hybridized carbons (Fsp3) is 0. The molecule has 46 valence electrons. The van der Waals surface area contributed by atoms with Crippen LogP contribution in [0.3, 0.4) is 0 Å². The normalized spacial score (nSPS) is 8.29. The molecule has 7 heteroatoms. The Hall–Kier alpha value is 0.532. The summed E-state index contributed by atoms with van der Waals surface area (Å²) in [5.74, 6) is 0. The van der Waals surface area contributed by atoms with E-state index >= 15 is 0 Å². The fourth-order valence-electron chi connectivity index (χ4n) is 0. The molecule has 0 radical (unpaired) electrons. The maximum absolute atomic E-state index is 8.82. The van der Waals surface area contributed by atoms with Gasteiger partial charge in [-0.3, -0.25) is 0 Å². The van der Waals surface area contributed by atoms with Gasteiger partial charge in [-0.05, 0) is 0 Å². The van der Waals surface area contributed by atoms with Gasteiger partial charge in [-0.15, -0.1) is 0 Å². The number of rotatable bonds is 0. The predicted molar refractivity (Wildman–Crippen MR) is 26.5 cm³/mol. The van der Waals surface area contributed by atoms with Gasteiger partial charge in [0.25, 0.3) is 0 Å². The number of hydrogen-bond acceptors (Lipinski definition) is 3. The van der Waals surface area contributed by atoms with Gasteiger partial charge in [0.1, 0.15) is 0 Å². The van der Waals surface area contributed by atoms with Crippen molar-refractivity contribution < 1.29 is 16.0 Å². The molecule has 0 heterocycles. The minimum Gasteiger partial charge on any atom is 0.187 e. The molecule has 0 spiro atoms. The second-order valence-corrected chi connectivity index (χ2v) is 2.33. The molecule has 0 aliphatic carbocycles. The van der Waals surface area contributed by atoms with E-state index in [2.05, 4.69) is 0 Å². The molecule has 0 aromatic carbocycles. The molecule has 0 aliphatic rings. The van der Waals surface area contributed by atoms with Crippen molar-refractivity contribution in [1.29, 1.82) is 0 Å². The van der Waals surface area contributed by atoms with Crippen molar-refractivity contribution in [1.82, 2.24) is 6.15 Å². The quantitative estimate of drug-likeness (QED) is 0.360. The van der Waals surface area contributed by atoms with E-state index in [0.717, 1.165) is 0 Å². The van der Waals surface area contributed by atoms with E-state index in [9.17, 15) is 0 Å². The van der Waals surface area contributed by atoms with Crippen molar-refractivity contribution >= 4 is 30.7 Å². The van der Waals surface area contributed by atoms with E-state index in [1.54, 1.807) is 0 Å². The summed E-state index contributed by atoms with van der Waals surface area (Å²) < 4.78 is 31.9. The SMILES string of the molecule is N.O=[Se](=O)(O)O.[AlH3]. The second kappa shape index (κ2) is 4.69. The summed E-state index contributed by atoms with van der Waals surface area (Å²) in [6, 6.07) is 0. The zero-order valence-corrected chi connectivity index (χ0v) is 4.54. The minimum atomic E-state index is -5.25. The monoisotopic (exact) mass is 193 g/mol. The van der Waals surface area contributed by atoms with Crippen LogP contribution in [0.15, 0.2) is 0 Å². The van der Waals surface area contributed by atoms with Gasteiger partial charge in [0, 0.05) is 0 Å². The molecule has 0 saturated carbocycles. The fourth-order valence-corrected chi connectivity index (χ4v) is 0. The average molecular weight is 192 g/mol. The summed E-state index contributed by atoms with van der Waals surface area (Å²) in [5, 5.41) is 0. The van der Waals surface area contributed by atoms with Crippen molar-refractivity contribution in [2.24, 2.45) is 0 Å². The Morgan fingerprint density at radius 3 is 1.14 bits per heavy atom. The molecule has 0 bridgehead atoms. The van der Waals surface area contributed by atoms with Crippen LogP contribution in [0.4, 0.5) is 0 Å². The van der Waals surface area contributed by atoms with Crippen LogP contribution in [0.1, 0.15) is 0 Å². The van der Waals surface area contributed by atoms with E-state index in [0.29, 0.717) is 0 Å². The van der Waals surface area contributed by atoms with Crippen molar-refractivity contribution in [3.63, 3.8) is 0 Å². The molecular formula is H8AlNO4Se. The first-order valence-corrected chi connectivity index (χ1v) is 3.63. The van der Waals surface area contributed by atoms with Crippen LogP contribution in [-0.2, 0) is 7.67 Å². The van der Waals surface area contributed by atoms with Gasteiger partial charge in [-0.1, -0.05) is 0 Å². The topological polar surface area (TPSA) is 110 Å². The van der Waals surface area contributed by atoms with Gasteiger partial charge < -0.3 is 6.15 Å². The average Bonchev–Trinajstić information content (AvgIpc) is 0.722. The van der Waals surface area contributed by atoms with Crippen LogP contribution in [0.5, 0.6) is 0 Å². The van der Waals surface area contributed by atoms with Crippen LogP contribution >= 0.6 is 0 Å². The van der Waals surface area contributed by atoms with Crippen LogP contribution in [0.25, 0.3) is 0 Å². The van der Waals surface area contributed by atoms with Crippen molar-refractivity contribution in [3.8, 4) is 0 Å². The van der Waals surface area contributed by atoms with Gasteiger partial charge in [0.05, 0.1) is 0 Å². The molecule has 7 heavy (non-hydrogen) atoms. The van der Waals surface area contributed by atoms with Gasteiger partial charge in [0.15, 0.2) is 17.4 Å². The first kappa shape index (κ1) is 15.6. The van der Waals surface area contributed by atoms with Crippen molar-refractivity contribution in [2.75, 3.05) is 0 Å². The summed E-state index contributed by atoms with van der Waals surface area (Å²) in [7, 11) is 0. The zero-order valence-electron chi connectivity index (χ0n) is 2.83. The molecule has 0 unspecified atom stereocenters.